The van der Waals surface area contributed by atoms with E-state index in [0.717, 1.165) is 5.56 Å². The number of likely N-dealkylation sites (N-methyl/N-ethyl adjacent to an activating group) is 1. The molecule has 178 valence electrons. The Labute approximate surface area is 195 Å². The minimum absolute atomic E-state index is 0.192. The molecule has 0 aliphatic carbocycles. The van der Waals surface area contributed by atoms with Gasteiger partial charge in [-0.3, -0.25) is 9.10 Å². The Kier molecular flexibility index (Phi) is 6.25. The number of anilines is 2. The van der Waals surface area contributed by atoms with Gasteiger partial charge in [0, 0.05) is 43.5 Å². The van der Waals surface area contributed by atoms with Gasteiger partial charge in [0.25, 0.3) is 5.91 Å². The summed E-state index contributed by atoms with van der Waals surface area (Å²) in [5, 5.41) is 2.78. The van der Waals surface area contributed by atoms with Crippen LogP contribution >= 0.6 is 0 Å². The second kappa shape index (κ2) is 8.71. The number of piperazine rings is 1. The van der Waals surface area contributed by atoms with E-state index in [1.807, 2.05) is 14.0 Å². The number of hydrogen-bond donors (Lipinski definition) is 1. The van der Waals surface area contributed by atoms with Gasteiger partial charge in [-0.25, -0.2) is 16.8 Å². The van der Waals surface area contributed by atoms with Gasteiger partial charge in [-0.15, -0.1) is 0 Å². The summed E-state index contributed by atoms with van der Waals surface area (Å²) >= 11 is 0. The van der Waals surface area contributed by atoms with Gasteiger partial charge in [0.05, 0.1) is 16.8 Å². The second-order valence-electron chi connectivity index (χ2n) is 8.64. The normalized spacial score (nSPS) is 20.0. The lowest BCUT2D eigenvalue weighted by Gasteiger charge is -2.31. The fourth-order valence-electron chi connectivity index (χ4n) is 4.34. The maximum Gasteiger partial charge on any atom is 0.255 e. The van der Waals surface area contributed by atoms with Gasteiger partial charge >= 0.3 is 0 Å². The molecular weight excluding hydrogens is 464 g/mol. The van der Waals surface area contributed by atoms with Crippen LogP contribution in [0.3, 0.4) is 0 Å². The predicted octanol–water partition coefficient (Wildman–Crippen LogP) is 1.59. The lowest BCUT2D eigenvalue weighted by Crippen LogP contribution is -2.46. The number of nitrogens with one attached hydrogen (secondary N) is 1. The molecule has 2 heterocycles. The minimum Gasteiger partial charge on any atom is -0.322 e. The molecule has 1 atom stereocenters. The van der Waals surface area contributed by atoms with E-state index in [9.17, 15) is 21.6 Å². The van der Waals surface area contributed by atoms with Crippen LogP contribution in [0.4, 0.5) is 11.4 Å². The summed E-state index contributed by atoms with van der Waals surface area (Å²) in [6.45, 7) is 4.11. The zero-order chi connectivity index (χ0) is 24.0. The van der Waals surface area contributed by atoms with E-state index in [-0.39, 0.29) is 16.8 Å². The van der Waals surface area contributed by atoms with Crippen LogP contribution in [0.15, 0.2) is 47.4 Å². The number of benzene rings is 2. The van der Waals surface area contributed by atoms with Crippen molar-refractivity contribution in [3.8, 4) is 0 Å². The standard InChI is InChI=1S/C22H28N4O5S2/c1-16-14-18-15-17(4-9-21(18)26(16)32(3,28)29)22(27)23-19-5-7-20(8-6-19)33(30,31)25-12-10-24(2)11-13-25/h4-9,15-16H,10-14H2,1-3H3,(H,23,27). The van der Waals surface area contributed by atoms with Crippen molar-refractivity contribution in [2.45, 2.75) is 24.3 Å². The van der Waals surface area contributed by atoms with Crippen LogP contribution < -0.4 is 9.62 Å². The maximum absolute atomic E-state index is 12.9. The zero-order valence-corrected chi connectivity index (χ0v) is 20.5. The predicted molar refractivity (Wildman–Crippen MR) is 128 cm³/mol. The van der Waals surface area contributed by atoms with Gasteiger partial charge in [0.1, 0.15) is 0 Å². The van der Waals surface area contributed by atoms with Crippen LogP contribution in [-0.4, -0.2) is 77.5 Å². The second-order valence-corrected chi connectivity index (χ2v) is 12.4. The SMILES string of the molecule is CC1Cc2cc(C(=O)Nc3ccc(S(=O)(=O)N4CCN(C)CC4)cc3)ccc2N1S(C)(=O)=O. The lowest BCUT2D eigenvalue weighted by atomic mass is 10.1. The summed E-state index contributed by atoms with van der Waals surface area (Å²) in [4.78, 5) is 15.0. The third-order valence-corrected chi connectivity index (χ3v) is 9.25. The summed E-state index contributed by atoms with van der Waals surface area (Å²) in [7, 11) is -5.01. The first-order valence-electron chi connectivity index (χ1n) is 10.7. The lowest BCUT2D eigenvalue weighted by molar-refractivity contribution is 0.102. The van der Waals surface area contributed by atoms with Crippen molar-refractivity contribution in [3.63, 3.8) is 0 Å². The van der Waals surface area contributed by atoms with Crippen molar-refractivity contribution in [2.75, 3.05) is 49.1 Å². The Bertz CT molecular complexity index is 1270. The highest BCUT2D eigenvalue weighted by atomic mass is 32.2. The monoisotopic (exact) mass is 492 g/mol. The molecule has 11 heteroatoms. The van der Waals surface area contributed by atoms with Crippen LogP contribution in [-0.2, 0) is 26.5 Å². The fraction of sp³-hybridized carbons (Fsp3) is 0.409. The number of carbonyl (C=O) groups excluding carboxylic acids is 1. The minimum atomic E-state index is -3.57. The third kappa shape index (κ3) is 4.77. The van der Waals surface area contributed by atoms with Crippen molar-refractivity contribution in [1.29, 1.82) is 0 Å². The molecule has 1 fully saturated rings. The van der Waals surface area contributed by atoms with E-state index in [2.05, 4.69) is 10.2 Å². The average molecular weight is 493 g/mol. The Morgan fingerprint density at radius 2 is 1.61 bits per heavy atom. The van der Waals surface area contributed by atoms with Gasteiger partial charge in [0.2, 0.25) is 20.0 Å². The number of amides is 1. The number of hydrogen-bond acceptors (Lipinski definition) is 6. The van der Waals surface area contributed by atoms with Crippen molar-refractivity contribution in [2.24, 2.45) is 0 Å². The molecule has 0 aromatic heterocycles. The summed E-state index contributed by atoms with van der Waals surface area (Å²) in [6.07, 6.45) is 1.70. The number of rotatable bonds is 5. The molecule has 1 unspecified atom stereocenters. The molecule has 2 aromatic rings. The van der Waals surface area contributed by atoms with Crippen molar-refractivity contribution in [1.82, 2.24) is 9.21 Å². The van der Waals surface area contributed by atoms with E-state index >= 15 is 0 Å². The highest BCUT2D eigenvalue weighted by Gasteiger charge is 2.33. The fourth-order valence-corrected chi connectivity index (χ4v) is 7.03. The summed E-state index contributed by atoms with van der Waals surface area (Å²) in [6, 6.07) is 10.9. The Hall–Kier alpha value is -2.47. The van der Waals surface area contributed by atoms with E-state index in [4.69, 9.17) is 0 Å². The summed E-state index contributed by atoms with van der Waals surface area (Å²) < 4.78 is 52.7. The molecule has 2 aromatic carbocycles. The van der Waals surface area contributed by atoms with Crippen molar-refractivity contribution >= 4 is 37.3 Å². The molecule has 1 saturated heterocycles. The number of fused-ring (bicyclic) bond motifs is 1. The quantitative estimate of drug-likeness (QED) is 0.679. The molecular formula is C22H28N4O5S2. The molecule has 0 radical (unpaired) electrons. The molecule has 4 rings (SSSR count). The average Bonchev–Trinajstić information content (AvgIpc) is 3.09. The molecule has 1 amide bonds. The Morgan fingerprint density at radius 1 is 0.970 bits per heavy atom. The van der Waals surface area contributed by atoms with E-state index in [0.29, 0.717) is 49.5 Å². The first kappa shape index (κ1) is 23.7. The van der Waals surface area contributed by atoms with E-state index < -0.39 is 20.0 Å². The van der Waals surface area contributed by atoms with Crippen molar-refractivity contribution < 1.29 is 21.6 Å². The molecule has 0 saturated carbocycles. The number of carbonyl (C=O) groups is 1. The largest absolute Gasteiger partial charge is 0.322 e. The van der Waals surface area contributed by atoms with Crippen LogP contribution in [0, 0.1) is 0 Å². The third-order valence-electron chi connectivity index (χ3n) is 6.06. The van der Waals surface area contributed by atoms with Gasteiger partial charge in [-0.1, -0.05) is 0 Å². The van der Waals surface area contributed by atoms with Crippen LogP contribution in [0.5, 0.6) is 0 Å². The van der Waals surface area contributed by atoms with Crippen molar-refractivity contribution in [3.05, 3.63) is 53.6 Å². The summed E-state index contributed by atoms with van der Waals surface area (Å²) in [5.41, 5.74) is 2.28. The van der Waals surface area contributed by atoms with Gasteiger partial charge in [-0.05, 0) is 68.4 Å². The van der Waals surface area contributed by atoms with Crippen LogP contribution in [0.2, 0.25) is 0 Å². The van der Waals surface area contributed by atoms with Crippen LogP contribution in [0.25, 0.3) is 0 Å². The first-order valence-corrected chi connectivity index (χ1v) is 14.0. The molecule has 2 aliphatic heterocycles. The molecule has 9 nitrogen and oxygen atoms in total. The van der Waals surface area contributed by atoms with E-state index in [1.165, 1.54) is 27.0 Å². The molecule has 33 heavy (non-hydrogen) atoms. The van der Waals surface area contributed by atoms with Gasteiger partial charge < -0.3 is 10.2 Å². The first-order chi connectivity index (χ1) is 15.5. The van der Waals surface area contributed by atoms with Gasteiger partial charge in [-0.2, -0.15) is 4.31 Å². The maximum atomic E-state index is 12.9. The molecule has 0 spiro atoms. The highest BCUT2D eigenvalue weighted by molar-refractivity contribution is 7.92. The number of sulfonamides is 2. The Morgan fingerprint density at radius 3 is 2.21 bits per heavy atom. The topological polar surface area (TPSA) is 107 Å². The highest BCUT2D eigenvalue weighted by Crippen LogP contribution is 2.34. The van der Waals surface area contributed by atoms with Crippen LogP contribution in [0.1, 0.15) is 22.8 Å². The molecule has 1 N–H and O–H groups in total. The molecule has 0 bridgehead atoms. The smallest absolute Gasteiger partial charge is 0.255 e. The van der Waals surface area contributed by atoms with Gasteiger partial charge in [0.15, 0.2) is 0 Å². The molecule has 2 aliphatic rings. The Balaban J connectivity index is 1.47. The number of nitrogens with zero attached hydrogens (tertiary/aromatic N) is 3. The van der Waals surface area contributed by atoms with E-state index in [1.54, 1.807) is 30.3 Å². The summed E-state index contributed by atoms with van der Waals surface area (Å²) in [5.74, 6) is -0.349. The zero-order valence-electron chi connectivity index (χ0n) is 18.9.